The van der Waals surface area contributed by atoms with Crippen molar-refractivity contribution in [2.45, 2.75) is 19.5 Å². The van der Waals surface area contributed by atoms with Crippen LogP contribution in [0.4, 0.5) is 13.2 Å². The minimum absolute atomic E-state index is 0.0808. The molecule has 0 fully saturated rings. The molecule has 96 valence electrons. The van der Waals surface area contributed by atoms with E-state index in [1.165, 1.54) is 6.07 Å². The molecular formula is C10H8F3N3O2. The number of carbonyl (C=O) groups is 1. The highest BCUT2D eigenvalue weighted by Crippen LogP contribution is 2.31. The van der Waals surface area contributed by atoms with Gasteiger partial charge in [-0.1, -0.05) is 6.92 Å². The zero-order valence-electron chi connectivity index (χ0n) is 9.19. The molecule has 18 heavy (non-hydrogen) atoms. The molecule has 1 N–H and O–H groups in total. The van der Waals surface area contributed by atoms with Crippen molar-refractivity contribution in [2.75, 3.05) is 0 Å². The second kappa shape index (κ2) is 3.97. The van der Waals surface area contributed by atoms with Crippen molar-refractivity contribution in [1.29, 1.82) is 0 Å². The van der Waals surface area contributed by atoms with Crippen molar-refractivity contribution in [1.82, 2.24) is 14.6 Å². The van der Waals surface area contributed by atoms with E-state index in [4.69, 9.17) is 5.11 Å². The molecule has 2 rings (SSSR count). The fraction of sp³-hybridized carbons (Fsp3) is 0.300. The minimum Gasteiger partial charge on any atom is -0.476 e. The molecule has 0 aliphatic rings. The van der Waals surface area contributed by atoms with E-state index >= 15 is 0 Å². The number of alkyl halides is 3. The average molecular weight is 259 g/mol. The van der Waals surface area contributed by atoms with E-state index in [0.717, 1.165) is 0 Å². The quantitative estimate of drug-likeness (QED) is 0.895. The summed E-state index contributed by atoms with van der Waals surface area (Å²) >= 11 is 0. The van der Waals surface area contributed by atoms with Gasteiger partial charge in [-0.25, -0.2) is 14.3 Å². The third-order valence-corrected chi connectivity index (χ3v) is 2.40. The molecule has 2 aromatic heterocycles. The van der Waals surface area contributed by atoms with Crippen LogP contribution in [0.5, 0.6) is 0 Å². The number of aryl methyl sites for hydroxylation is 1. The molecule has 0 atom stereocenters. The SMILES string of the molecule is CCc1cc2ncc(C(F)(F)F)c(C(=O)O)n2n1. The van der Waals surface area contributed by atoms with Crippen LogP contribution in [-0.2, 0) is 12.6 Å². The third kappa shape index (κ3) is 1.89. The Bertz CT molecular complexity index is 619. The van der Waals surface area contributed by atoms with Gasteiger partial charge in [-0.3, -0.25) is 0 Å². The van der Waals surface area contributed by atoms with Crippen molar-refractivity contribution < 1.29 is 23.1 Å². The number of halogens is 3. The molecule has 0 unspecified atom stereocenters. The fourth-order valence-electron chi connectivity index (χ4n) is 1.57. The van der Waals surface area contributed by atoms with Gasteiger partial charge < -0.3 is 5.11 Å². The van der Waals surface area contributed by atoms with Crippen LogP contribution in [0.15, 0.2) is 12.3 Å². The second-order valence-corrected chi connectivity index (χ2v) is 3.58. The van der Waals surface area contributed by atoms with Crippen molar-refractivity contribution in [3.63, 3.8) is 0 Å². The van der Waals surface area contributed by atoms with Gasteiger partial charge in [0.25, 0.3) is 0 Å². The summed E-state index contributed by atoms with van der Waals surface area (Å²) in [5, 5.41) is 12.7. The van der Waals surface area contributed by atoms with Crippen LogP contribution in [0.2, 0.25) is 0 Å². The number of nitrogens with zero attached hydrogens (tertiary/aromatic N) is 3. The van der Waals surface area contributed by atoms with Gasteiger partial charge in [-0.15, -0.1) is 0 Å². The summed E-state index contributed by atoms with van der Waals surface area (Å²) in [5.74, 6) is -1.69. The first-order valence-electron chi connectivity index (χ1n) is 5.02. The molecular weight excluding hydrogens is 251 g/mol. The molecule has 0 bridgehead atoms. The van der Waals surface area contributed by atoms with Crippen molar-refractivity contribution >= 4 is 11.6 Å². The number of fused-ring (bicyclic) bond motifs is 1. The van der Waals surface area contributed by atoms with E-state index in [1.807, 2.05) is 0 Å². The van der Waals surface area contributed by atoms with E-state index in [1.54, 1.807) is 6.92 Å². The van der Waals surface area contributed by atoms with E-state index in [9.17, 15) is 18.0 Å². The predicted molar refractivity (Wildman–Crippen MR) is 54.3 cm³/mol. The smallest absolute Gasteiger partial charge is 0.420 e. The zero-order valence-corrected chi connectivity index (χ0v) is 9.19. The first-order valence-corrected chi connectivity index (χ1v) is 5.02. The Morgan fingerprint density at radius 3 is 2.67 bits per heavy atom. The predicted octanol–water partition coefficient (Wildman–Crippen LogP) is 2.01. The fourth-order valence-corrected chi connectivity index (χ4v) is 1.57. The molecule has 0 saturated heterocycles. The lowest BCUT2D eigenvalue weighted by atomic mass is 10.2. The van der Waals surface area contributed by atoms with Gasteiger partial charge in [0, 0.05) is 12.3 Å². The van der Waals surface area contributed by atoms with Crippen molar-refractivity contribution in [3.05, 3.63) is 29.2 Å². The van der Waals surface area contributed by atoms with Gasteiger partial charge in [0.05, 0.1) is 5.69 Å². The van der Waals surface area contributed by atoms with Crippen LogP contribution >= 0.6 is 0 Å². The Hall–Kier alpha value is -2.12. The number of rotatable bonds is 2. The zero-order chi connectivity index (χ0) is 13.5. The molecule has 0 amide bonds. The second-order valence-electron chi connectivity index (χ2n) is 3.58. The molecule has 0 aliphatic carbocycles. The summed E-state index contributed by atoms with van der Waals surface area (Å²) in [5.41, 5.74) is -1.68. The van der Waals surface area contributed by atoms with Gasteiger partial charge in [0.1, 0.15) is 5.56 Å². The van der Waals surface area contributed by atoms with E-state index in [0.29, 0.717) is 22.8 Å². The maximum atomic E-state index is 12.7. The van der Waals surface area contributed by atoms with E-state index in [-0.39, 0.29) is 5.65 Å². The van der Waals surface area contributed by atoms with Crippen LogP contribution in [0.1, 0.15) is 28.7 Å². The van der Waals surface area contributed by atoms with Crippen LogP contribution in [0.3, 0.4) is 0 Å². The molecule has 2 heterocycles. The first-order chi connectivity index (χ1) is 8.34. The number of hydrogen-bond acceptors (Lipinski definition) is 3. The molecule has 0 radical (unpaired) electrons. The molecule has 5 nitrogen and oxygen atoms in total. The largest absolute Gasteiger partial charge is 0.476 e. The molecule has 8 heteroatoms. The Morgan fingerprint density at radius 1 is 1.50 bits per heavy atom. The Balaban J connectivity index is 2.82. The lowest BCUT2D eigenvalue weighted by Gasteiger charge is -2.10. The monoisotopic (exact) mass is 259 g/mol. The standard InChI is InChI=1S/C10H8F3N3O2/c1-2-5-3-7-14-4-6(10(11,12)13)8(9(17)18)16(7)15-5/h3-4H,2H2,1H3,(H,17,18). The number of aromatic nitrogens is 3. The van der Waals surface area contributed by atoms with Crippen LogP contribution < -0.4 is 0 Å². The Labute approximate surface area is 98.9 Å². The maximum Gasteiger partial charge on any atom is 0.420 e. The molecule has 0 aliphatic heterocycles. The molecule has 0 saturated carbocycles. The number of carboxylic acid groups (broad SMARTS) is 1. The highest BCUT2D eigenvalue weighted by atomic mass is 19.4. The van der Waals surface area contributed by atoms with Gasteiger partial charge in [-0.2, -0.15) is 18.3 Å². The number of aromatic carboxylic acids is 1. The lowest BCUT2D eigenvalue weighted by Crippen LogP contribution is -2.18. The van der Waals surface area contributed by atoms with E-state index < -0.39 is 23.4 Å². The number of hydrogen-bond donors (Lipinski definition) is 1. The van der Waals surface area contributed by atoms with Gasteiger partial charge in [0.15, 0.2) is 11.3 Å². The summed E-state index contributed by atoms with van der Waals surface area (Å²) < 4.78 is 38.8. The Kier molecular flexibility index (Phi) is 2.72. The summed E-state index contributed by atoms with van der Waals surface area (Å²) in [4.78, 5) is 14.6. The lowest BCUT2D eigenvalue weighted by molar-refractivity contribution is -0.138. The van der Waals surface area contributed by atoms with Gasteiger partial charge in [0.2, 0.25) is 0 Å². The van der Waals surface area contributed by atoms with Gasteiger partial charge in [-0.05, 0) is 6.42 Å². The van der Waals surface area contributed by atoms with Crippen molar-refractivity contribution in [2.24, 2.45) is 0 Å². The minimum atomic E-state index is -4.78. The van der Waals surface area contributed by atoms with Crippen LogP contribution in [0, 0.1) is 0 Å². The van der Waals surface area contributed by atoms with Gasteiger partial charge >= 0.3 is 12.1 Å². The van der Waals surface area contributed by atoms with Crippen LogP contribution in [-0.4, -0.2) is 25.7 Å². The summed E-state index contributed by atoms with van der Waals surface area (Å²) in [6.07, 6.45) is -3.79. The normalized spacial score (nSPS) is 12.0. The highest BCUT2D eigenvalue weighted by Gasteiger charge is 2.37. The average Bonchev–Trinajstić information content (AvgIpc) is 2.68. The van der Waals surface area contributed by atoms with E-state index in [2.05, 4.69) is 10.1 Å². The third-order valence-electron chi connectivity index (χ3n) is 2.40. The summed E-state index contributed by atoms with van der Waals surface area (Å²) in [6, 6.07) is 1.45. The summed E-state index contributed by atoms with van der Waals surface area (Å²) in [6.45, 7) is 1.76. The molecule has 0 spiro atoms. The first kappa shape index (κ1) is 12.3. The van der Waals surface area contributed by atoms with Crippen molar-refractivity contribution in [3.8, 4) is 0 Å². The van der Waals surface area contributed by atoms with Crippen LogP contribution in [0.25, 0.3) is 5.65 Å². The topological polar surface area (TPSA) is 67.5 Å². The number of carboxylic acids is 1. The maximum absolute atomic E-state index is 12.7. The summed E-state index contributed by atoms with van der Waals surface area (Å²) in [7, 11) is 0. The molecule has 0 aromatic carbocycles. The Morgan fingerprint density at radius 2 is 2.17 bits per heavy atom. The highest BCUT2D eigenvalue weighted by molar-refractivity contribution is 5.88. The molecule has 2 aromatic rings.